The lowest BCUT2D eigenvalue weighted by atomic mass is 10.0. The Bertz CT molecular complexity index is 1480. The molecule has 44 heavy (non-hydrogen) atoms. The zero-order valence-corrected chi connectivity index (χ0v) is 26.4. The van der Waals surface area contributed by atoms with E-state index in [0.717, 1.165) is 23.1 Å². The second kappa shape index (κ2) is 15.9. The van der Waals surface area contributed by atoms with Gasteiger partial charge >= 0.3 is 0 Å². The zero-order chi connectivity index (χ0) is 31.6. The average Bonchev–Trinajstić information content (AvgIpc) is 3.02. The van der Waals surface area contributed by atoms with E-state index in [0.29, 0.717) is 52.2 Å². The summed E-state index contributed by atoms with van der Waals surface area (Å²) < 4.78 is 5.79. The minimum absolute atomic E-state index is 0.111. The van der Waals surface area contributed by atoms with Crippen molar-refractivity contribution in [2.75, 3.05) is 12.3 Å². The molecule has 0 fully saturated rings. The van der Waals surface area contributed by atoms with Gasteiger partial charge in [-0.1, -0.05) is 89.9 Å². The summed E-state index contributed by atoms with van der Waals surface area (Å²) in [5.74, 6) is 0.219. The van der Waals surface area contributed by atoms with E-state index in [1.54, 1.807) is 36.4 Å². The molecule has 0 saturated heterocycles. The van der Waals surface area contributed by atoms with E-state index in [1.165, 1.54) is 0 Å². The van der Waals surface area contributed by atoms with Crippen molar-refractivity contribution in [2.24, 2.45) is 0 Å². The largest absolute Gasteiger partial charge is 0.489 e. The van der Waals surface area contributed by atoms with E-state index >= 15 is 0 Å². The second-order valence-electron chi connectivity index (χ2n) is 11.1. The molecule has 0 bridgehead atoms. The first-order valence-electron chi connectivity index (χ1n) is 14.6. The second-order valence-corrected chi connectivity index (χ2v) is 11.9. The van der Waals surface area contributed by atoms with Crippen molar-refractivity contribution >= 4 is 34.8 Å². The third kappa shape index (κ3) is 9.71. The predicted octanol–water partition coefficient (Wildman–Crippen LogP) is 6.19. The fourth-order valence-corrected chi connectivity index (χ4v) is 5.33. The van der Waals surface area contributed by atoms with Crippen molar-refractivity contribution in [3.8, 4) is 5.75 Å². The molecule has 0 aliphatic carbocycles. The highest BCUT2D eigenvalue weighted by atomic mass is 35.5. The molecule has 0 saturated carbocycles. The van der Waals surface area contributed by atoms with E-state index in [9.17, 15) is 15.0 Å². The Morgan fingerprint density at radius 2 is 1.36 bits per heavy atom. The Balaban J connectivity index is 1.20. The normalized spacial score (nSPS) is 14.0. The number of carbonyl (C=O) groups is 1. The van der Waals surface area contributed by atoms with Crippen LogP contribution in [0.1, 0.15) is 53.9 Å². The van der Waals surface area contributed by atoms with E-state index in [4.69, 9.17) is 33.7 Å². The number of hydrogen-bond acceptors (Lipinski definition) is 6. The minimum atomic E-state index is -1.27. The number of halogens is 2. The summed E-state index contributed by atoms with van der Waals surface area (Å²) in [7, 11) is 0. The van der Waals surface area contributed by atoms with Crippen molar-refractivity contribution < 1.29 is 19.7 Å². The number of benzene rings is 4. The quantitative estimate of drug-likeness (QED) is 0.106. The number of amides is 1. The van der Waals surface area contributed by atoms with Crippen molar-refractivity contribution in [1.29, 1.82) is 0 Å². The maximum absolute atomic E-state index is 12.7. The van der Waals surface area contributed by atoms with Crippen molar-refractivity contribution in [3.05, 3.63) is 129 Å². The molecule has 4 atom stereocenters. The van der Waals surface area contributed by atoms with Crippen molar-refractivity contribution in [1.82, 2.24) is 10.6 Å². The van der Waals surface area contributed by atoms with Crippen LogP contribution in [-0.2, 0) is 24.2 Å². The van der Waals surface area contributed by atoms with Crippen LogP contribution in [0.2, 0.25) is 10.0 Å². The van der Waals surface area contributed by atoms with Crippen LogP contribution in [-0.4, -0.2) is 34.7 Å². The van der Waals surface area contributed by atoms with Gasteiger partial charge in [0.1, 0.15) is 12.4 Å². The number of aliphatic hydroxyl groups is 2. The third-order valence-corrected chi connectivity index (χ3v) is 7.96. The molecule has 0 heterocycles. The smallest absolute Gasteiger partial charge is 0.253 e. The van der Waals surface area contributed by atoms with E-state index in [2.05, 4.69) is 29.7 Å². The van der Waals surface area contributed by atoms with Gasteiger partial charge in [-0.25, -0.2) is 0 Å². The van der Waals surface area contributed by atoms with Crippen LogP contribution in [0, 0.1) is 0 Å². The standard InChI is InChI=1S/C35H39Cl2N3O4/c1-22(39-20-32(41)28-18-30(36)33(38)31(37)19-28)16-24-8-10-25(11-9-24)17-23(2)40-35(43)34(42)27-12-14-29(15-13-27)44-21-26-6-4-3-5-7-26/h3-15,18-19,22-23,32,34,39,41-42H,16-17,20-21,38H2,1-2H3,(H,40,43)/t22-,23?,32+,34-/m1/s1. The van der Waals surface area contributed by atoms with Gasteiger partial charge in [-0.15, -0.1) is 0 Å². The molecule has 0 aromatic heterocycles. The number of hydrogen-bond donors (Lipinski definition) is 5. The van der Waals surface area contributed by atoms with E-state index in [-0.39, 0.29) is 12.1 Å². The molecule has 0 aliphatic heterocycles. The Kier molecular flexibility index (Phi) is 12.1. The molecule has 4 aromatic rings. The van der Waals surface area contributed by atoms with Crippen LogP contribution in [0.15, 0.2) is 91.0 Å². The molecule has 0 radical (unpaired) electrons. The molecule has 1 unspecified atom stereocenters. The molecule has 4 aromatic carbocycles. The monoisotopic (exact) mass is 635 g/mol. The maximum Gasteiger partial charge on any atom is 0.253 e. The van der Waals surface area contributed by atoms with Gasteiger partial charge in [0, 0.05) is 18.6 Å². The third-order valence-electron chi connectivity index (χ3n) is 7.33. The molecular weight excluding hydrogens is 597 g/mol. The molecule has 1 amide bonds. The van der Waals surface area contributed by atoms with Gasteiger partial charge in [-0.05, 0) is 78.8 Å². The number of anilines is 1. The molecule has 0 spiro atoms. The Morgan fingerprint density at radius 3 is 1.95 bits per heavy atom. The number of aliphatic hydroxyl groups excluding tert-OH is 2. The van der Waals surface area contributed by atoms with Gasteiger partial charge in [0.25, 0.3) is 5.91 Å². The SMILES string of the molecule is CC(Cc1ccc(C[C@@H](C)NC[C@H](O)c2cc(Cl)c(N)c(Cl)c2)cc1)NC(=O)[C@H](O)c1ccc(OCc2ccccc2)cc1. The number of carbonyl (C=O) groups excluding carboxylic acids is 1. The van der Waals surface area contributed by atoms with Crippen molar-refractivity contribution in [3.63, 3.8) is 0 Å². The average molecular weight is 637 g/mol. The number of nitrogen functional groups attached to an aromatic ring is 1. The Morgan fingerprint density at radius 1 is 0.795 bits per heavy atom. The summed E-state index contributed by atoms with van der Waals surface area (Å²) in [6.07, 6.45) is -0.656. The summed E-state index contributed by atoms with van der Waals surface area (Å²) in [4.78, 5) is 12.7. The lowest BCUT2D eigenvalue weighted by Gasteiger charge is -2.19. The van der Waals surface area contributed by atoms with Gasteiger partial charge in [0.15, 0.2) is 6.10 Å². The summed E-state index contributed by atoms with van der Waals surface area (Å²) in [6, 6.07) is 28.2. The summed E-state index contributed by atoms with van der Waals surface area (Å²) in [5, 5.41) is 28.1. The first-order chi connectivity index (χ1) is 21.1. The molecule has 4 rings (SSSR count). The van der Waals surface area contributed by atoms with Crippen LogP contribution in [0.5, 0.6) is 5.75 Å². The van der Waals surface area contributed by atoms with Gasteiger partial charge in [-0.2, -0.15) is 0 Å². The number of ether oxygens (including phenoxy) is 1. The van der Waals surface area contributed by atoms with Crippen LogP contribution in [0.25, 0.3) is 0 Å². The maximum atomic E-state index is 12.7. The molecule has 0 aliphatic rings. The molecule has 6 N–H and O–H groups in total. The Labute approximate surface area is 269 Å². The predicted molar refractivity (Wildman–Crippen MR) is 177 cm³/mol. The Hall–Kier alpha value is -3.59. The van der Waals surface area contributed by atoms with E-state index in [1.807, 2.05) is 49.4 Å². The molecular formula is C35H39Cl2N3O4. The van der Waals surface area contributed by atoms with Crippen LogP contribution in [0.4, 0.5) is 5.69 Å². The highest BCUT2D eigenvalue weighted by molar-refractivity contribution is 6.38. The summed E-state index contributed by atoms with van der Waals surface area (Å²) >= 11 is 12.2. The van der Waals surface area contributed by atoms with Gasteiger partial charge in [0.2, 0.25) is 0 Å². The number of nitrogens with two attached hydrogens (primary N) is 1. The topological polar surface area (TPSA) is 117 Å². The van der Waals surface area contributed by atoms with Gasteiger partial charge in [0.05, 0.1) is 21.8 Å². The van der Waals surface area contributed by atoms with Gasteiger partial charge < -0.3 is 31.3 Å². The van der Waals surface area contributed by atoms with Crippen molar-refractivity contribution in [2.45, 2.75) is 57.6 Å². The lowest BCUT2D eigenvalue weighted by Crippen LogP contribution is -2.37. The van der Waals surface area contributed by atoms with E-state index < -0.39 is 18.1 Å². The molecule has 7 nitrogen and oxygen atoms in total. The molecule has 232 valence electrons. The molecule has 9 heteroatoms. The number of rotatable bonds is 14. The highest BCUT2D eigenvalue weighted by Gasteiger charge is 2.20. The first-order valence-corrected chi connectivity index (χ1v) is 15.3. The van der Waals surface area contributed by atoms with Crippen LogP contribution in [0.3, 0.4) is 0 Å². The number of nitrogens with one attached hydrogen (secondary N) is 2. The van der Waals surface area contributed by atoms with Gasteiger partial charge in [-0.3, -0.25) is 4.79 Å². The fourth-order valence-electron chi connectivity index (χ4n) is 4.83. The summed E-state index contributed by atoms with van der Waals surface area (Å²) in [5.41, 5.74) is 10.5. The lowest BCUT2D eigenvalue weighted by molar-refractivity contribution is -0.130. The fraction of sp³-hybridized carbons (Fsp3) is 0.286. The zero-order valence-electron chi connectivity index (χ0n) is 24.8. The highest BCUT2D eigenvalue weighted by Crippen LogP contribution is 2.31. The van der Waals surface area contributed by atoms with Crippen LogP contribution >= 0.6 is 23.2 Å². The first kappa shape index (κ1) is 33.3. The summed E-state index contributed by atoms with van der Waals surface area (Å²) in [6.45, 7) is 4.75. The van der Waals surface area contributed by atoms with Crippen LogP contribution < -0.4 is 21.1 Å². The minimum Gasteiger partial charge on any atom is -0.489 e.